The number of allylic oxidation sites excluding steroid dienone is 1. The first-order valence-electron chi connectivity index (χ1n) is 9.45. The third-order valence-corrected chi connectivity index (χ3v) is 7.24. The molecule has 2 aromatic heterocycles. The first kappa shape index (κ1) is 19.2. The van der Waals surface area contributed by atoms with E-state index in [2.05, 4.69) is 13.5 Å². The monoisotopic (exact) mass is 410 g/mol. The molecule has 3 aromatic rings. The standard InChI is InChI=1S/C22H22N2O2S2/c1-3-11-24-21(26)19-16-10-9-14(2)12-18(16)28-20(19)23-22(24)27-13-17(25)15-7-5-4-6-8-15/h3-8,14H,1,9-13H2,2H3. The number of hydrogen-bond donors (Lipinski definition) is 0. The minimum Gasteiger partial charge on any atom is -0.293 e. The summed E-state index contributed by atoms with van der Waals surface area (Å²) >= 11 is 2.97. The molecule has 0 N–H and O–H groups in total. The molecule has 0 radical (unpaired) electrons. The summed E-state index contributed by atoms with van der Waals surface area (Å²) in [4.78, 5) is 32.6. The highest BCUT2D eigenvalue weighted by atomic mass is 32.2. The number of carbonyl (C=O) groups excluding carboxylic acids is 1. The molecule has 4 nitrogen and oxygen atoms in total. The Balaban J connectivity index is 1.71. The molecule has 0 fully saturated rings. The molecule has 1 aliphatic rings. The van der Waals surface area contributed by atoms with Crippen molar-refractivity contribution in [1.29, 1.82) is 0 Å². The van der Waals surface area contributed by atoms with Crippen molar-refractivity contribution in [3.63, 3.8) is 0 Å². The van der Waals surface area contributed by atoms with Crippen molar-refractivity contribution in [2.45, 2.75) is 37.9 Å². The lowest BCUT2D eigenvalue weighted by molar-refractivity contribution is 0.102. The van der Waals surface area contributed by atoms with Crippen LogP contribution in [0.1, 0.15) is 34.1 Å². The number of nitrogens with zero attached hydrogens (tertiary/aromatic N) is 2. The molecular weight excluding hydrogens is 388 g/mol. The number of ketones is 1. The van der Waals surface area contributed by atoms with Crippen molar-refractivity contribution in [1.82, 2.24) is 9.55 Å². The van der Waals surface area contributed by atoms with Gasteiger partial charge in [0.15, 0.2) is 10.9 Å². The smallest absolute Gasteiger partial charge is 0.263 e. The summed E-state index contributed by atoms with van der Waals surface area (Å²) in [6, 6.07) is 9.22. The van der Waals surface area contributed by atoms with Crippen LogP contribution in [-0.2, 0) is 19.4 Å². The van der Waals surface area contributed by atoms with E-state index < -0.39 is 0 Å². The van der Waals surface area contributed by atoms with Crippen molar-refractivity contribution in [2.24, 2.45) is 5.92 Å². The lowest BCUT2D eigenvalue weighted by Gasteiger charge is -2.17. The Morgan fingerprint density at radius 3 is 2.93 bits per heavy atom. The van der Waals surface area contributed by atoms with Gasteiger partial charge in [0.25, 0.3) is 5.56 Å². The molecular formula is C22H22N2O2S2. The fourth-order valence-corrected chi connectivity index (χ4v) is 5.97. The van der Waals surface area contributed by atoms with E-state index in [0.717, 1.165) is 29.5 Å². The molecule has 0 amide bonds. The van der Waals surface area contributed by atoms with Gasteiger partial charge in [0.05, 0.1) is 11.1 Å². The van der Waals surface area contributed by atoms with Gasteiger partial charge in [-0.1, -0.05) is 55.1 Å². The predicted octanol–water partition coefficient (Wildman–Crippen LogP) is 4.74. The zero-order chi connectivity index (χ0) is 19.7. The summed E-state index contributed by atoms with van der Waals surface area (Å²) in [5.41, 5.74) is 1.85. The average molecular weight is 411 g/mol. The highest BCUT2D eigenvalue weighted by Gasteiger charge is 2.24. The van der Waals surface area contributed by atoms with Gasteiger partial charge in [0.1, 0.15) is 4.83 Å². The number of aryl methyl sites for hydroxylation is 1. The van der Waals surface area contributed by atoms with Crippen LogP contribution in [-0.4, -0.2) is 21.1 Å². The van der Waals surface area contributed by atoms with Gasteiger partial charge in [0, 0.05) is 17.0 Å². The van der Waals surface area contributed by atoms with Gasteiger partial charge in [-0.05, 0) is 30.7 Å². The van der Waals surface area contributed by atoms with E-state index >= 15 is 0 Å². The molecule has 0 aliphatic heterocycles. The number of benzene rings is 1. The van der Waals surface area contributed by atoms with Crippen LogP contribution in [0.4, 0.5) is 0 Å². The van der Waals surface area contributed by atoms with Gasteiger partial charge in [-0.3, -0.25) is 14.2 Å². The molecule has 144 valence electrons. The second kappa shape index (κ2) is 8.05. The summed E-state index contributed by atoms with van der Waals surface area (Å²) in [7, 11) is 0. The number of Topliss-reactive ketones (excluding diaryl/α,β-unsaturated/α-hetero) is 1. The Morgan fingerprint density at radius 1 is 1.39 bits per heavy atom. The molecule has 1 atom stereocenters. The van der Waals surface area contributed by atoms with Crippen LogP contribution in [0.5, 0.6) is 0 Å². The SMILES string of the molecule is C=CCn1c(SCC(=O)c2ccccc2)nc2sc3c(c2c1=O)CCC(C)C3. The zero-order valence-corrected chi connectivity index (χ0v) is 17.4. The van der Waals surface area contributed by atoms with Gasteiger partial charge in [0.2, 0.25) is 0 Å². The number of carbonyl (C=O) groups is 1. The number of thioether (sulfide) groups is 1. The second-order valence-corrected chi connectivity index (χ2v) is 9.23. The number of rotatable bonds is 6. The second-order valence-electron chi connectivity index (χ2n) is 7.21. The van der Waals surface area contributed by atoms with Crippen LogP contribution < -0.4 is 5.56 Å². The van der Waals surface area contributed by atoms with Gasteiger partial charge < -0.3 is 0 Å². The van der Waals surface area contributed by atoms with E-state index in [1.807, 2.05) is 30.3 Å². The third kappa shape index (κ3) is 3.59. The molecule has 0 saturated carbocycles. The molecule has 0 spiro atoms. The topological polar surface area (TPSA) is 52.0 Å². The summed E-state index contributed by atoms with van der Waals surface area (Å²) < 4.78 is 1.66. The summed E-state index contributed by atoms with van der Waals surface area (Å²) in [5, 5.41) is 1.36. The summed E-state index contributed by atoms with van der Waals surface area (Å²) in [5.74, 6) is 0.930. The Labute approximate surface area is 172 Å². The van der Waals surface area contributed by atoms with Gasteiger partial charge >= 0.3 is 0 Å². The fraction of sp³-hybridized carbons (Fsp3) is 0.318. The van der Waals surface area contributed by atoms with Crippen molar-refractivity contribution in [3.05, 3.63) is 69.3 Å². The van der Waals surface area contributed by atoms with Crippen LogP contribution in [0.25, 0.3) is 10.2 Å². The Bertz CT molecular complexity index is 1100. The van der Waals surface area contributed by atoms with E-state index in [1.165, 1.54) is 22.2 Å². The van der Waals surface area contributed by atoms with Crippen LogP contribution in [0.15, 0.2) is 52.9 Å². The maximum atomic E-state index is 13.3. The Hall–Kier alpha value is -2.18. The summed E-state index contributed by atoms with van der Waals surface area (Å²) in [6.07, 6.45) is 4.79. The van der Waals surface area contributed by atoms with E-state index in [1.54, 1.807) is 22.0 Å². The highest BCUT2D eigenvalue weighted by Crippen LogP contribution is 2.36. The molecule has 2 heterocycles. The fourth-order valence-electron chi connectivity index (χ4n) is 3.64. The van der Waals surface area contributed by atoms with E-state index in [-0.39, 0.29) is 17.1 Å². The molecule has 1 unspecified atom stereocenters. The molecule has 6 heteroatoms. The first-order valence-corrected chi connectivity index (χ1v) is 11.3. The summed E-state index contributed by atoms with van der Waals surface area (Å²) in [6.45, 7) is 6.44. The van der Waals surface area contributed by atoms with Crippen molar-refractivity contribution in [3.8, 4) is 0 Å². The minimum atomic E-state index is -0.00777. The first-order chi connectivity index (χ1) is 13.6. The van der Waals surface area contributed by atoms with Crippen molar-refractivity contribution >= 4 is 39.1 Å². The Morgan fingerprint density at radius 2 is 2.18 bits per heavy atom. The van der Waals surface area contributed by atoms with E-state index in [0.29, 0.717) is 23.2 Å². The lowest BCUT2D eigenvalue weighted by atomic mass is 9.89. The highest BCUT2D eigenvalue weighted by molar-refractivity contribution is 7.99. The Kier molecular flexibility index (Phi) is 5.51. The van der Waals surface area contributed by atoms with Gasteiger partial charge in [-0.2, -0.15) is 0 Å². The van der Waals surface area contributed by atoms with Crippen molar-refractivity contribution in [2.75, 3.05) is 5.75 Å². The molecule has 1 aromatic carbocycles. The zero-order valence-electron chi connectivity index (χ0n) is 15.8. The number of fused-ring (bicyclic) bond motifs is 3. The van der Waals surface area contributed by atoms with Crippen molar-refractivity contribution < 1.29 is 4.79 Å². The molecule has 0 bridgehead atoms. The van der Waals surface area contributed by atoms with Gasteiger partial charge in [-0.15, -0.1) is 17.9 Å². The molecule has 4 rings (SSSR count). The molecule has 28 heavy (non-hydrogen) atoms. The number of aromatic nitrogens is 2. The van der Waals surface area contributed by atoms with E-state index in [4.69, 9.17) is 4.98 Å². The number of hydrogen-bond acceptors (Lipinski definition) is 5. The quantitative estimate of drug-likeness (QED) is 0.255. The normalized spacial score (nSPS) is 16.1. The van der Waals surface area contributed by atoms with Crippen LogP contribution in [0.3, 0.4) is 0 Å². The van der Waals surface area contributed by atoms with Gasteiger partial charge in [-0.25, -0.2) is 4.98 Å². The average Bonchev–Trinajstić information content (AvgIpc) is 3.06. The maximum absolute atomic E-state index is 13.3. The largest absolute Gasteiger partial charge is 0.293 e. The third-order valence-electron chi connectivity index (χ3n) is 5.12. The van der Waals surface area contributed by atoms with Crippen LogP contribution in [0.2, 0.25) is 0 Å². The molecule has 0 saturated heterocycles. The van der Waals surface area contributed by atoms with Crippen LogP contribution >= 0.6 is 23.1 Å². The van der Waals surface area contributed by atoms with Crippen LogP contribution in [0, 0.1) is 5.92 Å². The van der Waals surface area contributed by atoms with E-state index in [9.17, 15) is 9.59 Å². The molecule has 1 aliphatic carbocycles. The maximum Gasteiger partial charge on any atom is 0.263 e. The minimum absolute atomic E-state index is 0.00777. The number of thiophene rings is 1. The lowest BCUT2D eigenvalue weighted by Crippen LogP contribution is -2.24. The predicted molar refractivity (Wildman–Crippen MR) is 117 cm³/mol.